The van der Waals surface area contributed by atoms with Gasteiger partial charge >= 0.3 is 5.97 Å². The van der Waals surface area contributed by atoms with Crippen LogP contribution in [0.15, 0.2) is 0 Å². The second-order valence-electron chi connectivity index (χ2n) is 3.38. The molecule has 2 N–H and O–H groups in total. The van der Waals surface area contributed by atoms with E-state index in [0.29, 0.717) is 6.04 Å². The number of likely N-dealkylation sites (N-methyl/N-ethyl adjacent to an activating group) is 1. The number of hydrogen-bond acceptors (Lipinski definition) is 3. The minimum Gasteiger partial charge on any atom is -0.481 e. The van der Waals surface area contributed by atoms with Crippen molar-refractivity contribution >= 4 is 5.97 Å². The Morgan fingerprint density at radius 3 is 3.00 bits per heavy atom. The van der Waals surface area contributed by atoms with Gasteiger partial charge in [-0.15, -0.1) is 0 Å². The first kappa shape index (κ1) is 9.48. The van der Waals surface area contributed by atoms with Gasteiger partial charge in [-0.25, -0.2) is 0 Å². The van der Waals surface area contributed by atoms with Gasteiger partial charge in [0.15, 0.2) is 0 Å². The molecule has 1 rings (SSSR count). The number of aliphatic carboxylic acids is 1. The van der Waals surface area contributed by atoms with Crippen LogP contribution in [0.2, 0.25) is 0 Å². The average Bonchev–Trinajstić information content (AvgIpc) is 1.98. The molecule has 4 nitrogen and oxygen atoms in total. The van der Waals surface area contributed by atoms with Crippen molar-refractivity contribution < 1.29 is 9.90 Å². The van der Waals surface area contributed by atoms with Crippen molar-refractivity contribution in [2.75, 3.05) is 20.1 Å². The first-order valence-electron chi connectivity index (χ1n) is 4.26. The summed E-state index contributed by atoms with van der Waals surface area (Å²) in [4.78, 5) is 12.6. The van der Waals surface area contributed by atoms with E-state index in [0.717, 1.165) is 13.1 Å². The molecule has 0 aromatic heterocycles. The molecule has 0 spiro atoms. The second-order valence-corrected chi connectivity index (χ2v) is 3.38. The molecule has 1 aliphatic heterocycles. The van der Waals surface area contributed by atoms with Gasteiger partial charge in [0, 0.05) is 25.2 Å². The molecule has 0 radical (unpaired) electrons. The molecule has 70 valence electrons. The maximum absolute atomic E-state index is 10.5. The number of carboxylic acids is 1. The van der Waals surface area contributed by atoms with E-state index in [4.69, 9.17) is 5.11 Å². The Morgan fingerprint density at radius 1 is 1.75 bits per heavy atom. The number of piperazine rings is 1. The summed E-state index contributed by atoms with van der Waals surface area (Å²) in [7, 11) is 2.03. The lowest BCUT2D eigenvalue weighted by Gasteiger charge is -2.37. The topological polar surface area (TPSA) is 52.6 Å². The number of hydrogen-bond donors (Lipinski definition) is 2. The summed E-state index contributed by atoms with van der Waals surface area (Å²) in [5.74, 6) is -0.727. The first-order valence-corrected chi connectivity index (χ1v) is 4.26. The fourth-order valence-corrected chi connectivity index (χ4v) is 1.54. The molecule has 0 unspecified atom stereocenters. The molecule has 1 heterocycles. The molecule has 0 aromatic rings. The van der Waals surface area contributed by atoms with Crippen LogP contribution in [0.1, 0.15) is 13.3 Å². The van der Waals surface area contributed by atoms with Gasteiger partial charge in [-0.2, -0.15) is 0 Å². The summed E-state index contributed by atoms with van der Waals surface area (Å²) >= 11 is 0. The zero-order valence-corrected chi connectivity index (χ0v) is 7.58. The van der Waals surface area contributed by atoms with E-state index in [-0.39, 0.29) is 12.5 Å². The van der Waals surface area contributed by atoms with Gasteiger partial charge in [0.05, 0.1) is 6.42 Å². The predicted octanol–water partition coefficient (Wildman–Crippen LogP) is -0.247. The third-order valence-corrected chi connectivity index (χ3v) is 2.54. The normalized spacial score (nSPS) is 31.8. The van der Waals surface area contributed by atoms with Crippen molar-refractivity contribution in [1.29, 1.82) is 0 Å². The summed E-state index contributed by atoms with van der Waals surface area (Å²) in [6, 6.07) is 0.413. The van der Waals surface area contributed by atoms with Crippen molar-refractivity contribution in [2.45, 2.75) is 25.4 Å². The van der Waals surface area contributed by atoms with Crippen molar-refractivity contribution in [3.05, 3.63) is 0 Å². The molecule has 1 saturated heterocycles. The molecule has 0 bridgehead atoms. The fraction of sp³-hybridized carbons (Fsp3) is 0.875. The average molecular weight is 172 g/mol. The highest BCUT2D eigenvalue weighted by atomic mass is 16.4. The van der Waals surface area contributed by atoms with Crippen LogP contribution in [0.25, 0.3) is 0 Å². The SMILES string of the molecule is C[C@H]1[C@@H](CC(=O)O)NCCN1C. The first-order chi connectivity index (χ1) is 5.61. The number of nitrogens with zero attached hydrogens (tertiary/aromatic N) is 1. The number of nitrogens with one attached hydrogen (secondary N) is 1. The molecule has 0 saturated carbocycles. The Hall–Kier alpha value is -0.610. The van der Waals surface area contributed by atoms with Crippen LogP contribution in [-0.4, -0.2) is 48.2 Å². The van der Waals surface area contributed by atoms with Gasteiger partial charge < -0.3 is 15.3 Å². The Kier molecular flexibility index (Phi) is 3.05. The summed E-state index contributed by atoms with van der Waals surface area (Å²) < 4.78 is 0. The van der Waals surface area contributed by atoms with Crippen LogP contribution in [0.5, 0.6) is 0 Å². The maximum atomic E-state index is 10.5. The quantitative estimate of drug-likeness (QED) is 0.603. The summed E-state index contributed by atoms with van der Waals surface area (Å²) in [6.45, 7) is 3.94. The highest BCUT2D eigenvalue weighted by molar-refractivity contribution is 5.67. The Morgan fingerprint density at radius 2 is 2.42 bits per heavy atom. The molecule has 0 amide bonds. The van der Waals surface area contributed by atoms with Gasteiger partial charge in [0.25, 0.3) is 0 Å². The molecule has 0 aliphatic carbocycles. The lowest BCUT2D eigenvalue weighted by atomic mass is 10.0. The molecule has 12 heavy (non-hydrogen) atoms. The minimum absolute atomic E-state index is 0.0984. The van der Waals surface area contributed by atoms with Crippen molar-refractivity contribution in [3.63, 3.8) is 0 Å². The third kappa shape index (κ3) is 2.19. The fourth-order valence-electron chi connectivity index (χ4n) is 1.54. The van der Waals surface area contributed by atoms with Crippen LogP contribution in [0.3, 0.4) is 0 Å². The molecule has 2 atom stereocenters. The summed E-state index contributed by atoms with van der Waals surface area (Å²) in [6.07, 6.45) is 0.214. The van der Waals surface area contributed by atoms with E-state index in [1.807, 2.05) is 7.05 Å². The Balaban J connectivity index is 2.46. The van der Waals surface area contributed by atoms with E-state index in [1.165, 1.54) is 0 Å². The van der Waals surface area contributed by atoms with Gasteiger partial charge in [-0.1, -0.05) is 0 Å². The van der Waals surface area contributed by atoms with Crippen LogP contribution >= 0.6 is 0 Å². The molecule has 4 heteroatoms. The molecule has 1 aliphatic rings. The lowest BCUT2D eigenvalue weighted by molar-refractivity contribution is -0.138. The van der Waals surface area contributed by atoms with Crippen molar-refractivity contribution in [1.82, 2.24) is 10.2 Å². The van der Waals surface area contributed by atoms with Gasteiger partial charge in [0.1, 0.15) is 0 Å². The van der Waals surface area contributed by atoms with E-state index >= 15 is 0 Å². The van der Waals surface area contributed by atoms with Crippen LogP contribution < -0.4 is 5.32 Å². The van der Waals surface area contributed by atoms with Gasteiger partial charge in [-0.05, 0) is 14.0 Å². The maximum Gasteiger partial charge on any atom is 0.304 e. The number of carboxylic acid groups (broad SMARTS) is 1. The van der Waals surface area contributed by atoms with E-state index in [1.54, 1.807) is 0 Å². The van der Waals surface area contributed by atoms with Crippen LogP contribution in [0.4, 0.5) is 0 Å². The third-order valence-electron chi connectivity index (χ3n) is 2.54. The van der Waals surface area contributed by atoms with E-state index in [2.05, 4.69) is 17.1 Å². The highest BCUT2D eigenvalue weighted by Crippen LogP contribution is 2.09. The Bertz CT molecular complexity index is 172. The Labute approximate surface area is 72.6 Å². The number of carbonyl (C=O) groups is 1. The number of rotatable bonds is 2. The van der Waals surface area contributed by atoms with E-state index < -0.39 is 5.97 Å². The van der Waals surface area contributed by atoms with Crippen LogP contribution in [0, 0.1) is 0 Å². The largest absolute Gasteiger partial charge is 0.481 e. The molecule has 1 fully saturated rings. The standard InChI is InChI=1S/C8H16N2O2/c1-6-7(5-8(11)12)9-3-4-10(6)2/h6-7,9H,3-5H2,1-2H3,(H,11,12)/t6-,7+/m0/s1. The van der Waals surface area contributed by atoms with Crippen molar-refractivity contribution in [3.8, 4) is 0 Å². The van der Waals surface area contributed by atoms with Gasteiger partial charge in [0.2, 0.25) is 0 Å². The molecule has 0 aromatic carbocycles. The summed E-state index contributed by atoms with van der Waals surface area (Å²) in [5, 5.41) is 11.8. The van der Waals surface area contributed by atoms with E-state index in [9.17, 15) is 4.79 Å². The minimum atomic E-state index is -0.727. The van der Waals surface area contributed by atoms with Gasteiger partial charge in [-0.3, -0.25) is 4.79 Å². The molecular weight excluding hydrogens is 156 g/mol. The molecular formula is C8H16N2O2. The van der Waals surface area contributed by atoms with Crippen LogP contribution in [-0.2, 0) is 4.79 Å². The predicted molar refractivity (Wildman–Crippen MR) is 46.1 cm³/mol. The summed E-state index contributed by atoms with van der Waals surface area (Å²) in [5.41, 5.74) is 0. The lowest BCUT2D eigenvalue weighted by Crippen LogP contribution is -2.55. The highest BCUT2D eigenvalue weighted by Gasteiger charge is 2.26. The second kappa shape index (κ2) is 3.87. The van der Waals surface area contributed by atoms with Crippen molar-refractivity contribution in [2.24, 2.45) is 0 Å². The monoisotopic (exact) mass is 172 g/mol. The zero-order valence-electron chi connectivity index (χ0n) is 7.58. The smallest absolute Gasteiger partial charge is 0.304 e. The zero-order chi connectivity index (χ0) is 9.14.